The summed E-state index contributed by atoms with van der Waals surface area (Å²) < 4.78 is 29.4. The van der Waals surface area contributed by atoms with Crippen molar-refractivity contribution in [2.24, 2.45) is 5.14 Å². The van der Waals surface area contributed by atoms with Crippen molar-refractivity contribution in [3.05, 3.63) is 77.2 Å². The molecule has 0 saturated carbocycles. The molecule has 0 atom stereocenters. The summed E-state index contributed by atoms with van der Waals surface area (Å²) in [5, 5.41) is 12.6. The quantitative estimate of drug-likeness (QED) is 0.322. The van der Waals surface area contributed by atoms with Crippen molar-refractivity contribution in [1.82, 2.24) is 9.97 Å². The summed E-state index contributed by atoms with van der Waals surface area (Å²) in [5.41, 5.74) is 1.83. The van der Waals surface area contributed by atoms with Crippen molar-refractivity contribution in [3.8, 4) is 0 Å². The molecule has 0 bridgehead atoms. The van der Waals surface area contributed by atoms with Gasteiger partial charge < -0.3 is 25.3 Å². The zero-order chi connectivity index (χ0) is 24.4. The van der Waals surface area contributed by atoms with E-state index in [0.717, 1.165) is 24.5 Å². The summed E-state index contributed by atoms with van der Waals surface area (Å²) in [6, 6.07) is 17.6. The second kappa shape index (κ2) is 9.37. The lowest BCUT2D eigenvalue weighted by Crippen LogP contribution is -2.36. The topological polar surface area (TPSA) is 142 Å². The molecule has 1 saturated heterocycles. The van der Waals surface area contributed by atoms with Gasteiger partial charge in [-0.05, 0) is 53.9 Å². The van der Waals surface area contributed by atoms with Gasteiger partial charge in [-0.3, -0.25) is 4.79 Å². The standard InChI is InChI=1S/C24H24N6O4S/c25-35(32,33)20-4-2-1-3-19(20)28-21-15-16-9-10-26-24(31)22(16)23(29-21)27-17-5-7-18(8-6-17)30-11-13-34-14-12-30/h1-10,15H,11-14H2,(H,26,31)(H2,25,32,33)(H2,27,28,29). The van der Waals surface area contributed by atoms with Gasteiger partial charge in [-0.2, -0.15) is 0 Å². The zero-order valence-corrected chi connectivity index (χ0v) is 19.5. The summed E-state index contributed by atoms with van der Waals surface area (Å²) in [7, 11) is -3.95. The predicted molar refractivity (Wildman–Crippen MR) is 136 cm³/mol. The molecular weight excluding hydrogens is 468 g/mol. The van der Waals surface area contributed by atoms with Crippen LogP contribution in [0.5, 0.6) is 0 Å². The van der Waals surface area contributed by atoms with E-state index in [2.05, 4.69) is 25.5 Å². The lowest BCUT2D eigenvalue weighted by molar-refractivity contribution is 0.122. The van der Waals surface area contributed by atoms with E-state index in [-0.39, 0.29) is 16.1 Å². The van der Waals surface area contributed by atoms with Crippen LogP contribution in [0.2, 0.25) is 0 Å². The molecule has 5 rings (SSSR count). The number of hydrogen-bond acceptors (Lipinski definition) is 8. The van der Waals surface area contributed by atoms with Gasteiger partial charge in [0, 0.05) is 30.7 Å². The molecule has 0 amide bonds. The van der Waals surface area contributed by atoms with Crippen LogP contribution in [0.15, 0.2) is 76.6 Å². The molecule has 1 fully saturated rings. The number of ether oxygens (including phenoxy) is 1. The first-order valence-corrected chi connectivity index (χ1v) is 12.5. The number of benzene rings is 2. The maximum atomic E-state index is 12.6. The van der Waals surface area contributed by atoms with Crippen LogP contribution < -0.4 is 26.2 Å². The van der Waals surface area contributed by atoms with Gasteiger partial charge >= 0.3 is 0 Å². The Hall–Kier alpha value is -3.93. The molecule has 35 heavy (non-hydrogen) atoms. The van der Waals surface area contributed by atoms with Crippen molar-refractivity contribution in [1.29, 1.82) is 0 Å². The molecule has 0 aliphatic carbocycles. The van der Waals surface area contributed by atoms with Crippen molar-refractivity contribution in [2.45, 2.75) is 4.90 Å². The largest absolute Gasteiger partial charge is 0.378 e. The molecule has 2 aromatic heterocycles. The van der Waals surface area contributed by atoms with E-state index in [1.54, 1.807) is 36.5 Å². The fraction of sp³-hybridized carbons (Fsp3) is 0.167. The van der Waals surface area contributed by atoms with Crippen LogP contribution in [0.25, 0.3) is 10.8 Å². The third-order valence-corrected chi connectivity index (χ3v) is 6.69. The highest BCUT2D eigenvalue weighted by Crippen LogP contribution is 2.29. The Bertz CT molecular complexity index is 1530. The van der Waals surface area contributed by atoms with E-state index >= 15 is 0 Å². The summed E-state index contributed by atoms with van der Waals surface area (Å²) >= 11 is 0. The minimum Gasteiger partial charge on any atom is -0.378 e. The maximum absolute atomic E-state index is 12.6. The number of H-pyrrole nitrogens is 1. The van der Waals surface area contributed by atoms with E-state index in [0.29, 0.717) is 35.6 Å². The molecule has 4 aromatic rings. The van der Waals surface area contributed by atoms with Gasteiger partial charge in [0.2, 0.25) is 10.0 Å². The number of hydrogen-bond donors (Lipinski definition) is 4. The van der Waals surface area contributed by atoms with E-state index < -0.39 is 10.0 Å². The van der Waals surface area contributed by atoms with Crippen molar-refractivity contribution in [2.75, 3.05) is 41.8 Å². The average Bonchev–Trinajstić information content (AvgIpc) is 2.85. The minimum atomic E-state index is -3.95. The first-order valence-electron chi connectivity index (χ1n) is 11.0. The molecule has 11 heteroatoms. The predicted octanol–water partition coefficient (Wildman–Crippen LogP) is 2.89. The Balaban J connectivity index is 1.50. The summed E-state index contributed by atoms with van der Waals surface area (Å²) in [5.74, 6) is 0.686. The molecule has 0 unspecified atom stereocenters. The fourth-order valence-corrected chi connectivity index (χ4v) is 4.73. The normalized spacial score (nSPS) is 14.1. The van der Waals surface area contributed by atoms with Crippen LogP contribution >= 0.6 is 0 Å². The highest BCUT2D eigenvalue weighted by Gasteiger charge is 2.16. The first kappa shape index (κ1) is 22.8. The Morgan fingerprint density at radius 1 is 1.00 bits per heavy atom. The lowest BCUT2D eigenvalue weighted by Gasteiger charge is -2.28. The molecule has 180 valence electrons. The Labute approximate surface area is 201 Å². The van der Waals surface area contributed by atoms with Gasteiger partial charge in [-0.1, -0.05) is 12.1 Å². The molecule has 0 spiro atoms. The van der Waals surface area contributed by atoms with Crippen LogP contribution in [0.1, 0.15) is 0 Å². The summed E-state index contributed by atoms with van der Waals surface area (Å²) in [6.45, 7) is 3.07. The molecule has 1 aliphatic rings. The number of sulfonamides is 1. The van der Waals surface area contributed by atoms with E-state index in [1.807, 2.05) is 24.3 Å². The van der Waals surface area contributed by atoms with Crippen molar-refractivity contribution >= 4 is 49.5 Å². The SMILES string of the molecule is NS(=O)(=O)c1ccccc1Nc1cc2cc[nH]c(=O)c2c(Nc2ccc(N3CCOCC3)cc2)n1. The number of anilines is 5. The Kier molecular flexibility index (Phi) is 6.12. The van der Waals surface area contributed by atoms with E-state index in [4.69, 9.17) is 9.88 Å². The average molecular weight is 493 g/mol. The van der Waals surface area contributed by atoms with Crippen LogP contribution in [-0.2, 0) is 14.8 Å². The number of nitrogens with two attached hydrogens (primary N) is 1. The highest BCUT2D eigenvalue weighted by atomic mass is 32.2. The van der Waals surface area contributed by atoms with Gasteiger partial charge in [0.15, 0.2) is 0 Å². The number of aromatic amines is 1. The third kappa shape index (κ3) is 4.97. The summed E-state index contributed by atoms with van der Waals surface area (Å²) in [4.78, 5) is 22.1. The van der Waals surface area contributed by atoms with Crippen LogP contribution in [0.4, 0.5) is 28.7 Å². The second-order valence-corrected chi connectivity index (χ2v) is 9.59. The number of morpholine rings is 1. The molecule has 1 aliphatic heterocycles. The van der Waals surface area contributed by atoms with Gasteiger partial charge in [-0.15, -0.1) is 0 Å². The molecule has 2 aromatic carbocycles. The molecule has 3 heterocycles. The monoisotopic (exact) mass is 492 g/mol. The maximum Gasteiger partial charge on any atom is 0.259 e. The first-order chi connectivity index (χ1) is 16.9. The number of fused-ring (bicyclic) bond motifs is 1. The number of rotatable bonds is 6. The lowest BCUT2D eigenvalue weighted by atomic mass is 10.2. The molecule has 5 N–H and O–H groups in total. The fourth-order valence-electron chi connectivity index (χ4n) is 4.04. The zero-order valence-electron chi connectivity index (χ0n) is 18.7. The molecular formula is C24H24N6O4S. The number of para-hydroxylation sites is 1. The number of aromatic nitrogens is 2. The number of nitrogens with one attached hydrogen (secondary N) is 3. The molecule has 10 nitrogen and oxygen atoms in total. The number of primary sulfonamides is 1. The van der Waals surface area contributed by atoms with Gasteiger partial charge in [0.1, 0.15) is 16.5 Å². The van der Waals surface area contributed by atoms with Crippen LogP contribution in [-0.4, -0.2) is 44.7 Å². The third-order valence-electron chi connectivity index (χ3n) is 5.72. The molecule has 0 radical (unpaired) electrons. The number of nitrogens with zero attached hydrogens (tertiary/aromatic N) is 2. The van der Waals surface area contributed by atoms with Gasteiger partial charge in [-0.25, -0.2) is 18.5 Å². The smallest absolute Gasteiger partial charge is 0.259 e. The number of pyridine rings is 2. The minimum absolute atomic E-state index is 0.0546. The van der Waals surface area contributed by atoms with Crippen molar-refractivity contribution < 1.29 is 13.2 Å². The van der Waals surface area contributed by atoms with Crippen LogP contribution in [0.3, 0.4) is 0 Å². The second-order valence-electron chi connectivity index (χ2n) is 8.06. The Morgan fingerprint density at radius 3 is 2.49 bits per heavy atom. The van der Waals surface area contributed by atoms with Gasteiger partial charge in [0.25, 0.3) is 5.56 Å². The van der Waals surface area contributed by atoms with E-state index in [1.165, 1.54) is 6.07 Å². The highest BCUT2D eigenvalue weighted by molar-refractivity contribution is 7.89. The van der Waals surface area contributed by atoms with Crippen LogP contribution in [0, 0.1) is 0 Å². The summed E-state index contributed by atoms with van der Waals surface area (Å²) in [6.07, 6.45) is 1.55. The van der Waals surface area contributed by atoms with Crippen molar-refractivity contribution in [3.63, 3.8) is 0 Å². The van der Waals surface area contributed by atoms with E-state index in [9.17, 15) is 13.2 Å². The van der Waals surface area contributed by atoms with Gasteiger partial charge in [0.05, 0.1) is 24.3 Å². The Morgan fingerprint density at radius 2 is 1.74 bits per heavy atom.